The Labute approximate surface area is 85.9 Å². The smallest absolute Gasteiger partial charge is 0.338 e. The third-order valence-corrected chi connectivity index (χ3v) is 2.24. The zero-order valence-corrected chi connectivity index (χ0v) is 8.80. The van der Waals surface area contributed by atoms with Crippen LogP contribution in [0.5, 0.6) is 0 Å². The summed E-state index contributed by atoms with van der Waals surface area (Å²) in [6.45, 7) is 1.76. The summed E-state index contributed by atoms with van der Waals surface area (Å²) in [5, 5.41) is 0. The van der Waals surface area contributed by atoms with Gasteiger partial charge in [0.2, 0.25) is 0 Å². The number of methoxy groups -OCH3 is 1. The molecule has 0 aliphatic heterocycles. The van der Waals surface area contributed by atoms with Crippen LogP contribution in [0.2, 0.25) is 0 Å². The number of nitrogens with one attached hydrogen (secondary N) is 1. The highest BCUT2D eigenvalue weighted by Gasteiger charge is 2.10. The topological polar surface area (TPSA) is 55.4 Å². The fourth-order valence-electron chi connectivity index (χ4n) is 1.14. The van der Waals surface area contributed by atoms with Crippen LogP contribution in [0.15, 0.2) is 18.2 Å². The molecule has 1 aromatic carbocycles. The Balaban J connectivity index is 3.13. The van der Waals surface area contributed by atoms with E-state index in [1.54, 1.807) is 25.1 Å². The molecule has 0 atom stereocenters. The number of rotatable bonds is 3. The molecule has 0 saturated heterocycles. The molecule has 0 heterocycles. The van der Waals surface area contributed by atoms with E-state index in [-0.39, 0.29) is 11.9 Å². The van der Waals surface area contributed by atoms with Gasteiger partial charge in [0.15, 0.2) is 0 Å². The summed E-state index contributed by atoms with van der Waals surface area (Å²) in [6, 6.07) is 5.10. The molecule has 1 N–H and O–H groups in total. The number of ether oxygens (including phenoxy) is 1. The normalized spacial score (nSPS) is 9.57. The van der Waals surface area contributed by atoms with Gasteiger partial charge < -0.3 is 9.46 Å². The summed E-state index contributed by atoms with van der Waals surface area (Å²) in [6.07, 6.45) is 0. The molecule has 1 aromatic rings. The van der Waals surface area contributed by atoms with Crippen molar-refractivity contribution < 1.29 is 13.7 Å². The van der Waals surface area contributed by atoms with Crippen molar-refractivity contribution in [3.05, 3.63) is 29.3 Å². The van der Waals surface area contributed by atoms with Crippen LogP contribution >= 0.6 is 0 Å². The van der Waals surface area contributed by atoms with E-state index in [1.807, 2.05) is 0 Å². The van der Waals surface area contributed by atoms with Crippen LogP contribution in [-0.4, -0.2) is 17.3 Å². The van der Waals surface area contributed by atoms with Crippen molar-refractivity contribution in [2.24, 2.45) is 0 Å². The van der Waals surface area contributed by atoms with Gasteiger partial charge in [0.1, 0.15) is 11.9 Å². The second-order valence-electron chi connectivity index (χ2n) is 2.67. The van der Waals surface area contributed by atoms with E-state index in [2.05, 4.69) is 9.46 Å². The number of hydrogen-bond donors (Lipinski definition) is 2. The number of esters is 1. The molecule has 0 amide bonds. The highest BCUT2D eigenvalue weighted by molar-refractivity contribution is 7.67. The van der Waals surface area contributed by atoms with Gasteiger partial charge in [-0.3, -0.25) is 0 Å². The summed E-state index contributed by atoms with van der Waals surface area (Å²) in [5.74, 6) is -0.395. The molecule has 14 heavy (non-hydrogen) atoms. The van der Waals surface area contributed by atoms with E-state index in [0.29, 0.717) is 11.3 Å². The molecular weight excluding hydrogens is 202 g/mol. The Hall–Kier alpha value is -1.36. The Kier molecular flexibility index (Phi) is 3.64. The zero-order valence-electron chi connectivity index (χ0n) is 7.90. The molecule has 5 heteroatoms. The molecule has 0 aliphatic rings. The SMILES string of the molecule is COC(=O)c1cccc(N[SH]=O)c1C. The van der Waals surface area contributed by atoms with Crippen molar-refractivity contribution in [2.45, 2.75) is 6.92 Å². The lowest BCUT2D eigenvalue weighted by Gasteiger charge is -2.07. The van der Waals surface area contributed by atoms with Gasteiger partial charge in [-0.1, -0.05) is 6.07 Å². The van der Waals surface area contributed by atoms with Crippen LogP contribution in [0.1, 0.15) is 15.9 Å². The zero-order chi connectivity index (χ0) is 10.6. The van der Waals surface area contributed by atoms with E-state index < -0.39 is 5.97 Å². The summed E-state index contributed by atoms with van der Waals surface area (Å²) >= 11 is -0.193. The maximum absolute atomic E-state index is 11.3. The van der Waals surface area contributed by atoms with Crippen molar-refractivity contribution in [1.82, 2.24) is 0 Å². The molecule has 0 spiro atoms. The monoisotopic (exact) mass is 213 g/mol. The molecule has 0 aliphatic carbocycles. The molecule has 0 radical (unpaired) electrons. The Morgan fingerprint density at radius 1 is 1.50 bits per heavy atom. The van der Waals surface area contributed by atoms with Gasteiger partial charge in [0, 0.05) is 5.69 Å². The number of hydrogen-bond acceptors (Lipinski definition) is 3. The lowest BCUT2D eigenvalue weighted by atomic mass is 10.1. The third kappa shape index (κ3) is 2.11. The first-order chi connectivity index (χ1) is 6.70. The lowest BCUT2D eigenvalue weighted by molar-refractivity contribution is 0.0600. The summed E-state index contributed by atoms with van der Waals surface area (Å²) in [4.78, 5) is 11.3. The van der Waals surface area contributed by atoms with Crippen LogP contribution < -0.4 is 4.72 Å². The quantitative estimate of drug-likeness (QED) is 0.583. The van der Waals surface area contributed by atoms with Crippen LogP contribution in [0, 0.1) is 6.92 Å². The average molecular weight is 213 g/mol. The first-order valence-electron chi connectivity index (χ1n) is 3.97. The minimum absolute atomic E-state index is 0.193. The standard InChI is InChI=1S/C9H11NO3S/c1-6-7(9(11)13-2)4-3-5-8(6)10-14-12/h3-5,14H,1-2H3,(H,10,12). The average Bonchev–Trinajstić information content (AvgIpc) is 2.20. The number of carbonyl (C=O) groups is 1. The summed E-state index contributed by atoms with van der Waals surface area (Å²) in [5.41, 5.74) is 1.86. The van der Waals surface area contributed by atoms with E-state index in [1.165, 1.54) is 7.11 Å². The lowest BCUT2D eigenvalue weighted by Crippen LogP contribution is -2.05. The van der Waals surface area contributed by atoms with E-state index >= 15 is 0 Å². The summed E-state index contributed by atoms with van der Waals surface area (Å²) in [7, 11) is 1.33. The maximum atomic E-state index is 11.3. The van der Waals surface area contributed by atoms with Gasteiger partial charge in [-0.05, 0) is 24.6 Å². The molecule has 0 fully saturated rings. The molecule has 4 nitrogen and oxygen atoms in total. The van der Waals surface area contributed by atoms with Gasteiger partial charge in [0.05, 0.1) is 12.7 Å². The van der Waals surface area contributed by atoms with E-state index in [0.717, 1.165) is 5.56 Å². The number of thiol groups is 1. The maximum Gasteiger partial charge on any atom is 0.338 e. The van der Waals surface area contributed by atoms with Gasteiger partial charge in [-0.15, -0.1) is 0 Å². The van der Waals surface area contributed by atoms with Crippen molar-refractivity contribution >= 4 is 23.5 Å². The molecule has 0 unspecified atom stereocenters. The Morgan fingerprint density at radius 3 is 2.79 bits per heavy atom. The Morgan fingerprint density at radius 2 is 2.21 bits per heavy atom. The van der Waals surface area contributed by atoms with Crippen molar-refractivity contribution in [3.8, 4) is 0 Å². The van der Waals surface area contributed by atoms with Crippen LogP contribution in [-0.2, 0) is 16.6 Å². The number of benzene rings is 1. The first-order valence-corrected chi connectivity index (χ1v) is 4.78. The minimum atomic E-state index is -0.395. The van der Waals surface area contributed by atoms with E-state index in [9.17, 15) is 9.00 Å². The van der Waals surface area contributed by atoms with Crippen molar-refractivity contribution in [2.75, 3.05) is 11.8 Å². The highest BCUT2D eigenvalue weighted by Crippen LogP contribution is 2.18. The van der Waals surface area contributed by atoms with Gasteiger partial charge >= 0.3 is 5.97 Å². The number of carbonyl (C=O) groups excluding carboxylic acids is 1. The van der Waals surface area contributed by atoms with Gasteiger partial charge in [0.25, 0.3) is 0 Å². The molecule has 0 aromatic heterocycles. The fourth-order valence-corrected chi connectivity index (χ4v) is 1.48. The fraction of sp³-hybridized carbons (Fsp3) is 0.222. The minimum Gasteiger partial charge on any atom is -0.465 e. The summed E-state index contributed by atoms with van der Waals surface area (Å²) < 4.78 is 17.6. The van der Waals surface area contributed by atoms with Crippen LogP contribution in [0.4, 0.5) is 5.69 Å². The number of anilines is 1. The molecule has 76 valence electrons. The van der Waals surface area contributed by atoms with Gasteiger partial charge in [-0.2, -0.15) is 0 Å². The highest BCUT2D eigenvalue weighted by atomic mass is 32.2. The van der Waals surface area contributed by atoms with Crippen molar-refractivity contribution in [1.29, 1.82) is 0 Å². The largest absolute Gasteiger partial charge is 0.465 e. The predicted molar refractivity (Wildman–Crippen MR) is 55.7 cm³/mol. The second kappa shape index (κ2) is 4.76. The predicted octanol–water partition coefficient (Wildman–Crippen LogP) is 1.05. The van der Waals surface area contributed by atoms with E-state index in [4.69, 9.17) is 0 Å². The molecule has 0 bridgehead atoms. The molecule has 1 rings (SSSR count). The Bertz CT molecular complexity index is 365. The van der Waals surface area contributed by atoms with Crippen LogP contribution in [0.25, 0.3) is 0 Å². The first kappa shape index (κ1) is 10.7. The second-order valence-corrected chi connectivity index (χ2v) is 3.08. The van der Waals surface area contributed by atoms with Crippen molar-refractivity contribution in [3.63, 3.8) is 0 Å². The third-order valence-electron chi connectivity index (χ3n) is 1.91. The van der Waals surface area contributed by atoms with Crippen LogP contribution in [0.3, 0.4) is 0 Å². The molecule has 0 saturated carbocycles. The molecular formula is C9H11NO3S. The van der Waals surface area contributed by atoms with Gasteiger partial charge in [-0.25, -0.2) is 9.00 Å².